The molecule has 2 rings (SSSR count). The summed E-state index contributed by atoms with van der Waals surface area (Å²) < 4.78 is 0. The van der Waals surface area contributed by atoms with Gasteiger partial charge >= 0.3 is 0 Å². The monoisotopic (exact) mass is 230 g/mol. The summed E-state index contributed by atoms with van der Waals surface area (Å²) in [6, 6.07) is 6.85. The fourth-order valence-electron chi connectivity index (χ4n) is 2.33. The number of pyridine rings is 1. The molecule has 0 saturated heterocycles. The largest absolute Gasteiger partial charge is 0.366 e. The van der Waals surface area contributed by atoms with Gasteiger partial charge in [0.25, 0.3) is 0 Å². The molecular weight excluding hydrogens is 212 g/mol. The molecule has 0 unspecified atom stereocenters. The molecule has 0 bridgehead atoms. The lowest BCUT2D eigenvalue weighted by Crippen LogP contribution is -2.35. The SMILES string of the molecule is CNC1CCC(Nc2ncccc2C#N)CC1. The van der Waals surface area contributed by atoms with Gasteiger partial charge in [-0.05, 0) is 44.9 Å². The Morgan fingerprint density at radius 1 is 1.29 bits per heavy atom. The van der Waals surface area contributed by atoms with Crippen LogP contribution in [0.1, 0.15) is 31.2 Å². The first-order valence-electron chi connectivity index (χ1n) is 6.12. The Kier molecular flexibility index (Phi) is 3.94. The highest BCUT2D eigenvalue weighted by Crippen LogP contribution is 2.22. The van der Waals surface area contributed by atoms with Crippen molar-refractivity contribution in [3.05, 3.63) is 23.9 Å². The lowest BCUT2D eigenvalue weighted by atomic mass is 9.91. The van der Waals surface area contributed by atoms with Crippen LogP contribution in [0.15, 0.2) is 18.3 Å². The lowest BCUT2D eigenvalue weighted by Gasteiger charge is -2.29. The van der Waals surface area contributed by atoms with E-state index < -0.39 is 0 Å². The minimum absolute atomic E-state index is 0.446. The standard InChI is InChI=1S/C13H18N4/c1-15-11-4-6-12(7-5-11)17-13-10(9-14)3-2-8-16-13/h2-3,8,11-12,15H,4-7H2,1H3,(H,16,17). The van der Waals surface area contributed by atoms with E-state index in [4.69, 9.17) is 5.26 Å². The molecule has 4 nitrogen and oxygen atoms in total. The van der Waals surface area contributed by atoms with E-state index in [1.807, 2.05) is 7.05 Å². The van der Waals surface area contributed by atoms with Crippen molar-refractivity contribution < 1.29 is 0 Å². The molecule has 0 aromatic carbocycles. The normalized spacial score (nSPS) is 24.0. The Labute approximate surface area is 102 Å². The molecule has 17 heavy (non-hydrogen) atoms. The fraction of sp³-hybridized carbons (Fsp3) is 0.538. The molecule has 1 aliphatic carbocycles. The molecule has 0 atom stereocenters. The third-order valence-electron chi connectivity index (χ3n) is 3.40. The highest BCUT2D eigenvalue weighted by molar-refractivity contribution is 5.51. The van der Waals surface area contributed by atoms with Crippen molar-refractivity contribution in [2.75, 3.05) is 12.4 Å². The first kappa shape index (κ1) is 11.9. The van der Waals surface area contributed by atoms with E-state index in [2.05, 4.69) is 21.7 Å². The summed E-state index contributed by atoms with van der Waals surface area (Å²) in [5, 5.41) is 15.7. The predicted molar refractivity (Wildman–Crippen MR) is 67.7 cm³/mol. The van der Waals surface area contributed by atoms with Gasteiger partial charge in [-0.2, -0.15) is 5.26 Å². The molecule has 0 aliphatic heterocycles. The van der Waals surface area contributed by atoms with Gasteiger partial charge in [-0.25, -0.2) is 4.98 Å². The fourth-order valence-corrected chi connectivity index (χ4v) is 2.33. The van der Waals surface area contributed by atoms with Gasteiger partial charge in [-0.15, -0.1) is 0 Å². The maximum absolute atomic E-state index is 8.99. The van der Waals surface area contributed by atoms with E-state index in [0.29, 0.717) is 17.6 Å². The number of rotatable bonds is 3. The molecule has 0 spiro atoms. The van der Waals surface area contributed by atoms with Crippen LogP contribution in [0.25, 0.3) is 0 Å². The van der Waals surface area contributed by atoms with Gasteiger partial charge in [0, 0.05) is 18.3 Å². The van der Waals surface area contributed by atoms with E-state index in [9.17, 15) is 0 Å². The van der Waals surface area contributed by atoms with Crippen LogP contribution in [0, 0.1) is 11.3 Å². The maximum atomic E-state index is 8.99. The van der Waals surface area contributed by atoms with E-state index >= 15 is 0 Å². The van der Waals surface area contributed by atoms with Gasteiger partial charge < -0.3 is 10.6 Å². The van der Waals surface area contributed by atoms with E-state index in [1.54, 1.807) is 18.3 Å². The lowest BCUT2D eigenvalue weighted by molar-refractivity contribution is 0.371. The van der Waals surface area contributed by atoms with Crippen molar-refractivity contribution in [3.8, 4) is 6.07 Å². The number of nitrogens with zero attached hydrogens (tertiary/aromatic N) is 2. The third kappa shape index (κ3) is 2.95. The molecule has 1 aromatic heterocycles. The van der Waals surface area contributed by atoms with Crippen LogP contribution in [0.4, 0.5) is 5.82 Å². The average Bonchev–Trinajstić information content (AvgIpc) is 2.40. The van der Waals surface area contributed by atoms with Crippen LogP contribution in [0.2, 0.25) is 0 Å². The minimum atomic E-state index is 0.446. The summed E-state index contributed by atoms with van der Waals surface area (Å²) in [6.45, 7) is 0. The summed E-state index contributed by atoms with van der Waals surface area (Å²) in [7, 11) is 2.02. The minimum Gasteiger partial charge on any atom is -0.366 e. The molecule has 1 fully saturated rings. The van der Waals surface area contributed by atoms with Crippen molar-refractivity contribution in [1.82, 2.24) is 10.3 Å². The number of anilines is 1. The van der Waals surface area contributed by atoms with E-state index in [0.717, 1.165) is 18.7 Å². The number of nitriles is 1. The zero-order valence-electron chi connectivity index (χ0n) is 10.1. The van der Waals surface area contributed by atoms with Crippen molar-refractivity contribution in [2.45, 2.75) is 37.8 Å². The van der Waals surface area contributed by atoms with Gasteiger partial charge in [0.15, 0.2) is 0 Å². The second-order valence-corrected chi connectivity index (χ2v) is 4.49. The molecule has 1 aliphatic rings. The Morgan fingerprint density at radius 2 is 2.00 bits per heavy atom. The summed E-state index contributed by atoms with van der Waals surface area (Å²) in [5.41, 5.74) is 0.628. The van der Waals surface area contributed by atoms with Gasteiger partial charge in [-0.1, -0.05) is 0 Å². The molecule has 1 heterocycles. The molecule has 90 valence electrons. The number of nitrogens with one attached hydrogen (secondary N) is 2. The van der Waals surface area contributed by atoms with E-state index in [1.165, 1.54) is 12.8 Å². The Hall–Kier alpha value is -1.60. The number of aromatic nitrogens is 1. The van der Waals surface area contributed by atoms with Gasteiger partial charge in [-0.3, -0.25) is 0 Å². The van der Waals surface area contributed by atoms with Crippen LogP contribution in [0.3, 0.4) is 0 Å². The van der Waals surface area contributed by atoms with Crippen LogP contribution < -0.4 is 10.6 Å². The zero-order valence-corrected chi connectivity index (χ0v) is 10.1. The molecule has 1 saturated carbocycles. The molecule has 0 amide bonds. The zero-order chi connectivity index (χ0) is 12.1. The summed E-state index contributed by atoms with van der Waals surface area (Å²) in [4.78, 5) is 4.23. The summed E-state index contributed by atoms with van der Waals surface area (Å²) in [5.74, 6) is 0.725. The van der Waals surface area contributed by atoms with Gasteiger partial charge in [0.05, 0.1) is 5.56 Å². The van der Waals surface area contributed by atoms with Crippen LogP contribution in [-0.2, 0) is 0 Å². The molecular formula is C13H18N4. The molecule has 2 N–H and O–H groups in total. The summed E-state index contributed by atoms with van der Waals surface area (Å²) in [6.07, 6.45) is 6.36. The molecule has 4 heteroatoms. The first-order chi connectivity index (χ1) is 8.33. The maximum Gasteiger partial charge on any atom is 0.144 e. The highest BCUT2D eigenvalue weighted by atomic mass is 15.0. The number of hydrogen-bond acceptors (Lipinski definition) is 4. The molecule has 0 radical (unpaired) electrons. The predicted octanol–water partition coefficient (Wildman–Crippen LogP) is 1.90. The smallest absolute Gasteiger partial charge is 0.144 e. The number of hydrogen-bond donors (Lipinski definition) is 2. The van der Waals surface area contributed by atoms with Crippen molar-refractivity contribution in [2.24, 2.45) is 0 Å². The Morgan fingerprint density at radius 3 is 2.65 bits per heavy atom. The average molecular weight is 230 g/mol. The van der Waals surface area contributed by atoms with E-state index in [-0.39, 0.29) is 0 Å². The van der Waals surface area contributed by atoms with Crippen molar-refractivity contribution in [3.63, 3.8) is 0 Å². The van der Waals surface area contributed by atoms with Crippen LogP contribution >= 0.6 is 0 Å². The van der Waals surface area contributed by atoms with Gasteiger partial charge in [0.1, 0.15) is 11.9 Å². The Balaban J connectivity index is 1.96. The van der Waals surface area contributed by atoms with Crippen LogP contribution in [-0.4, -0.2) is 24.1 Å². The first-order valence-corrected chi connectivity index (χ1v) is 6.12. The topological polar surface area (TPSA) is 60.7 Å². The Bertz CT molecular complexity index is 402. The van der Waals surface area contributed by atoms with Gasteiger partial charge in [0.2, 0.25) is 0 Å². The van der Waals surface area contributed by atoms with Crippen molar-refractivity contribution in [1.29, 1.82) is 5.26 Å². The van der Waals surface area contributed by atoms with Crippen LogP contribution in [0.5, 0.6) is 0 Å². The second kappa shape index (κ2) is 5.65. The van der Waals surface area contributed by atoms with Crippen molar-refractivity contribution >= 4 is 5.82 Å². The second-order valence-electron chi connectivity index (χ2n) is 4.49. The quantitative estimate of drug-likeness (QED) is 0.832. The highest BCUT2D eigenvalue weighted by Gasteiger charge is 2.20. The summed E-state index contributed by atoms with van der Waals surface area (Å²) >= 11 is 0. The molecule has 1 aromatic rings. The third-order valence-corrected chi connectivity index (χ3v) is 3.40.